The molecule has 2 rings (SSSR count). The van der Waals surface area contributed by atoms with Gasteiger partial charge in [-0.15, -0.1) is 0 Å². The van der Waals surface area contributed by atoms with Crippen molar-refractivity contribution in [1.29, 1.82) is 0 Å². The van der Waals surface area contributed by atoms with Crippen molar-refractivity contribution in [3.05, 3.63) is 24.2 Å². The molecule has 3 N–H and O–H groups in total. The lowest BCUT2D eigenvalue weighted by atomic mass is 10.5. The number of nitrogens with zero attached hydrogens (tertiary/aromatic N) is 3. The summed E-state index contributed by atoms with van der Waals surface area (Å²) < 4.78 is 9.35. The largest absolute Gasteiger partial charge is 0.463 e. The number of nitrogens with two attached hydrogens (primary N) is 1. The number of hydrogen-bond acceptors (Lipinski definition) is 7. The Bertz CT molecular complexity index is 419. The number of anilines is 2. The summed E-state index contributed by atoms with van der Waals surface area (Å²) in [4.78, 5) is 0. The minimum Gasteiger partial charge on any atom is -0.463 e. The van der Waals surface area contributed by atoms with Gasteiger partial charge in [0, 0.05) is 0 Å². The van der Waals surface area contributed by atoms with Gasteiger partial charge in [0.25, 0.3) is 0 Å². The Morgan fingerprint density at radius 2 is 2.43 bits per heavy atom. The Kier molecular flexibility index (Phi) is 2.14. The Balaban J connectivity index is 1.98. The SMILES string of the molecule is Nc1nonc1N/N=C/c1ccco1. The average Bonchev–Trinajstić information content (AvgIpc) is 2.78. The van der Waals surface area contributed by atoms with Crippen molar-refractivity contribution in [2.75, 3.05) is 11.2 Å². The molecular weight excluding hydrogens is 186 g/mol. The molecule has 0 aliphatic heterocycles. The predicted octanol–water partition coefficient (Wildman–Crippen LogP) is 0.691. The Hall–Kier alpha value is -2.31. The molecule has 0 atom stereocenters. The summed E-state index contributed by atoms with van der Waals surface area (Å²) in [5, 5.41) is 10.6. The minimum atomic E-state index is 0.154. The highest BCUT2D eigenvalue weighted by Crippen LogP contribution is 2.09. The number of furan rings is 1. The molecule has 0 aromatic carbocycles. The van der Waals surface area contributed by atoms with Gasteiger partial charge in [-0.3, -0.25) is 5.43 Å². The van der Waals surface area contributed by atoms with E-state index in [2.05, 4.69) is 25.5 Å². The van der Waals surface area contributed by atoms with Gasteiger partial charge < -0.3 is 10.2 Å². The zero-order valence-corrected chi connectivity index (χ0v) is 7.04. The van der Waals surface area contributed by atoms with Gasteiger partial charge >= 0.3 is 0 Å². The molecule has 0 spiro atoms. The van der Waals surface area contributed by atoms with Gasteiger partial charge in [-0.05, 0) is 22.4 Å². The summed E-state index contributed by atoms with van der Waals surface area (Å²) in [6, 6.07) is 3.52. The van der Waals surface area contributed by atoms with Gasteiger partial charge in [-0.2, -0.15) is 5.10 Å². The van der Waals surface area contributed by atoms with Crippen LogP contribution in [0.5, 0.6) is 0 Å². The van der Waals surface area contributed by atoms with Crippen molar-refractivity contribution in [3.8, 4) is 0 Å². The fraction of sp³-hybridized carbons (Fsp3) is 0. The summed E-state index contributed by atoms with van der Waals surface area (Å²) in [6.45, 7) is 0. The molecule has 7 nitrogen and oxygen atoms in total. The standard InChI is InChI=1S/C7H7N5O2/c8-6-7(12-14-11-6)10-9-4-5-2-1-3-13-5/h1-4H,(H2,8,11)(H,10,12)/b9-4+. The molecule has 0 saturated carbocycles. The quantitative estimate of drug-likeness (QED) is 0.549. The van der Waals surface area contributed by atoms with E-state index in [1.54, 1.807) is 18.4 Å². The van der Waals surface area contributed by atoms with Gasteiger partial charge in [0.15, 0.2) is 0 Å². The number of aromatic nitrogens is 2. The van der Waals surface area contributed by atoms with Gasteiger partial charge in [0.05, 0.1) is 12.5 Å². The summed E-state index contributed by atoms with van der Waals surface area (Å²) >= 11 is 0. The first-order valence-corrected chi connectivity index (χ1v) is 3.77. The van der Waals surface area contributed by atoms with E-state index in [9.17, 15) is 0 Å². The second-order valence-electron chi connectivity index (χ2n) is 2.38. The summed E-state index contributed by atoms with van der Waals surface area (Å²) in [6.07, 6.45) is 3.03. The van der Waals surface area contributed by atoms with Crippen molar-refractivity contribution in [2.24, 2.45) is 5.10 Å². The second kappa shape index (κ2) is 3.60. The predicted molar refractivity (Wildman–Crippen MR) is 48.6 cm³/mol. The smallest absolute Gasteiger partial charge is 0.235 e. The molecule has 0 radical (unpaired) electrons. The monoisotopic (exact) mass is 193 g/mol. The van der Waals surface area contributed by atoms with Crippen LogP contribution in [0.25, 0.3) is 0 Å². The maximum Gasteiger partial charge on any atom is 0.235 e. The van der Waals surface area contributed by atoms with E-state index < -0.39 is 0 Å². The molecule has 0 saturated heterocycles. The summed E-state index contributed by atoms with van der Waals surface area (Å²) in [7, 11) is 0. The number of nitrogen functional groups attached to an aromatic ring is 1. The lowest BCUT2D eigenvalue weighted by molar-refractivity contribution is 0.310. The van der Waals surface area contributed by atoms with Crippen LogP contribution in [0.15, 0.2) is 32.5 Å². The normalized spacial score (nSPS) is 10.9. The van der Waals surface area contributed by atoms with Crippen molar-refractivity contribution in [3.63, 3.8) is 0 Å². The van der Waals surface area contributed by atoms with E-state index in [1.807, 2.05) is 0 Å². The van der Waals surface area contributed by atoms with E-state index >= 15 is 0 Å². The zero-order valence-electron chi connectivity index (χ0n) is 7.04. The number of hydrazone groups is 1. The molecule has 7 heteroatoms. The molecular formula is C7H7N5O2. The second-order valence-corrected chi connectivity index (χ2v) is 2.38. The van der Waals surface area contributed by atoms with Crippen LogP contribution in [0, 0.1) is 0 Å². The maximum atomic E-state index is 5.37. The molecule has 0 fully saturated rings. The van der Waals surface area contributed by atoms with Gasteiger partial charge in [-0.1, -0.05) is 0 Å². The van der Waals surface area contributed by atoms with Crippen molar-refractivity contribution < 1.29 is 9.05 Å². The van der Waals surface area contributed by atoms with Gasteiger partial charge in [0.1, 0.15) is 5.76 Å². The topological polar surface area (TPSA) is 102 Å². The lowest BCUT2D eigenvalue weighted by Crippen LogP contribution is -1.94. The highest BCUT2D eigenvalue weighted by Gasteiger charge is 2.02. The molecule has 0 aliphatic carbocycles. The first-order valence-electron chi connectivity index (χ1n) is 3.77. The van der Waals surface area contributed by atoms with Gasteiger partial charge in [0.2, 0.25) is 11.6 Å². The molecule has 2 heterocycles. The molecule has 14 heavy (non-hydrogen) atoms. The van der Waals surface area contributed by atoms with Crippen LogP contribution in [0.2, 0.25) is 0 Å². The third-order valence-corrected chi connectivity index (χ3v) is 1.42. The van der Waals surface area contributed by atoms with Gasteiger partial charge in [-0.25, -0.2) is 4.63 Å². The van der Waals surface area contributed by atoms with Crippen LogP contribution in [-0.2, 0) is 0 Å². The van der Waals surface area contributed by atoms with E-state index in [1.165, 1.54) is 6.21 Å². The Morgan fingerprint density at radius 3 is 3.07 bits per heavy atom. The van der Waals surface area contributed by atoms with Crippen LogP contribution in [0.4, 0.5) is 11.6 Å². The van der Waals surface area contributed by atoms with E-state index in [0.717, 1.165) is 0 Å². The third-order valence-electron chi connectivity index (χ3n) is 1.42. The molecule has 0 aliphatic rings. The zero-order chi connectivity index (χ0) is 9.80. The van der Waals surface area contributed by atoms with E-state index in [-0.39, 0.29) is 11.6 Å². The number of hydrogen-bond donors (Lipinski definition) is 2. The van der Waals surface area contributed by atoms with Crippen LogP contribution in [0.3, 0.4) is 0 Å². The Morgan fingerprint density at radius 1 is 1.50 bits per heavy atom. The number of rotatable bonds is 3. The molecule has 2 aromatic heterocycles. The minimum absolute atomic E-state index is 0.154. The van der Waals surface area contributed by atoms with Crippen molar-refractivity contribution in [1.82, 2.24) is 10.3 Å². The number of nitrogens with one attached hydrogen (secondary N) is 1. The maximum absolute atomic E-state index is 5.37. The fourth-order valence-corrected chi connectivity index (χ4v) is 0.795. The third kappa shape index (κ3) is 1.71. The lowest BCUT2D eigenvalue weighted by Gasteiger charge is -1.90. The van der Waals surface area contributed by atoms with E-state index in [0.29, 0.717) is 5.76 Å². The molecule has 2 aromatic rings. The van der Waals surface area contributed by atoms with E-state index in [4.69, 9.17) is 10.2 Å². The highest BCUT2D eigenvalue weighted by atomic mass is 16.6. The van der Waals surface area contributed by atoms with Crippen molar-refractivity contribution >= 4 is 17.9 Å². The fourth-order valence-electron chi connectivity index (χ4n) is 0.795. The van der Waals surface area contributed by atoms with Crippen LogP contribution in [-0.4, -0.2) is 16.5 Å². The molecule has 0 unspecified atom stereocenters. The Labute approximate surface area is 78.5 Å². The summed E-state index contributed by atoms with van der Waals surface area (Å²) in [5.74, 6) is 1.04. The molecule has 0 bridgehead atoms. The molecule has 72 valence electrons. The van der Waals surface area contributed by atoms with Crippen LogP contribution in [0.1, 0.15) is 5.76 Å². The van der Waals surface area contributed by atoms with Crippen LogP contribution >= 0.6 is 0 Å². The van der Waals surface area contributed by atoms with Crippen molar-refractivity contribution in [2.45, 2.75) is 0 Å². The highest BCUT2D eigenvalue weighted by molar-refractivity contribution is 5.76. The van der Waals surface area contributed by atoms with Crippen LogP contribution < -0.4 is 11.2 Å². The molecule has 0 amide bonds. The first-order chi connectivity index (χ1) is 6.86. The first kappa shape index (κ1) is 8.30. The summed E-state index contributed by atoms with van der Waals surface area (Å²) in [5.41, 5.74) is 7.92. The average molecular weight is 193 g/mol.